The summed E-state index contributed by atoms with van der Waals surface area (Å²) in [6.07, 6.45) is 1.23. The Bertz CT molecular complexity index is 497. The van der Waals surface area contributed by atoms with Gasteiger partial charge in [0, 0.05) is 17.9 Å². The Kier molecular flexibility index (Phi) is 5.16. The number of methoxy groups -OCH3 is 1. The van der Waals surface area contributed by atoms with Crippen LogP contribution in [0.3, 0.4) is 0 Å². The van der Waals surface area contributed by atoms with Crippen molar-refractivity contribution >= 4 is 9.84 Å². The zero-order valence-electron chi connectivity index (χ0n) is 11.4. The highest BCUT2D eigenvalue weighted by Crippen LogP contribution is 2.24. The summed E-state index contributed by atoms with van der Waals surface area (Å²) in [7, 11) is -1.51. The molecule has 102 valence electrons. The molecule has 0 spiro atoms. The molecule has 1 rings (SSSR count). The SMILES string of the molecule is CCNC(C)c1ccc(OC)c(CS(C)(=O)=O)c1. The molecule has 0 aromatic heterocycles. The van der Waals surface area contributed by atoms with Crippen molar-refractivity contribution in [1.29, 1.82) is 0 Å². The van der Waals surface area contributed by atoms with Crippen LogP contribution in [0.15, 0.2) is 18.2 Å². The lowest BCUT2D eigenvalue weighted by atomic mass is 10.0. The van der Waals surface area contributed by atoms with Crippen molar-refractivity contribution in [3.8, 4) is 5.75 Å². The van der Waals surface area contributed by atoms with Gasteiger partial charge in [0.2, 0.25) is 0 Å². The summed E-state index contributed by atoms with van der Waals surface area (Å²) in [4.78, 5) is 0. The van der Waals surface area contributed by atoms with E-state index in [2.05, 4.69) is 12.2 Å². The number of benzene rings is 1. The Morgan fingerprint density at radius 1 is 1.39 bits per heavy atom. The number of nitrogens with one attached hydrogen (secondary N) is 1. The second kappa shape index (κ2) is 6.20. The normalized spacial score (nSPS) is 13.3. The molecule has 0 aliphatic rings. The van der Waals surface area contributed by atoms with Gasteiger partial charge in [-0.1, -0.05) is 13.0 Å². The van der Waals surface area contributed by atoms with Crippen LogP contribution in [0.2, 0.25) is 0 Å². The molecule has 0 bridgehead atoms. The van der Waals surface area contributed by atoms with Crippen LogP contribution in [0, 0.1) is 0 Å². The topological polar surface area (TPSA) is 55.4 Å². The fourth-order valence-corrected chi connectivity index (χ4v) is 2.68. The third-order valence-electron chi connectivity index (χ3n) is 2.73. The fraction of sp³-hybridized carbons (Fsp3) is 0.538. The maximum absolute atomic E-state index is 11.4. The largest absolute Gasteiger partial charge is 0.496 e. The minimum absolute atomic E-state index is 0.00284. The molecule has 0 aliphatic carbocycles. The predicted molar refractivity (Wildman–Crippen MR) is 73.6 cm³/mol. The van der Waals surface area contributed by atoms with Gasteiger partial charge in [0.05, 0.1) is 12.9 Å². The van der Waals surface area contributed by atoms with Gasteiger partial charge in [-0.05, 0) is 31.2 Å². The van der Waals surface area contributed by atoms with Crippen molar-refractivity contribution in [2.45, 2.75) is 25.6 Å². The van der Waals surface area contributed by atoms with Crippen molar-refractivity contribution < 1.29 is 13.2 Å². The lowest BCUT2D eigenvalue weighted by molar-refractivity contribution is 0.410. The van der Waals surface area contributed by atoms with Crippen LogP contribution in [-0.2, 0) is 15.6 Å². The summed E-state index contributed by atoms with van der Waals surface area (Å²) in [5.74, 6) is 0.621. The molecule has 0 radical (unpaired) electrons. The fourth-order valence-electron chi connectivity index (χ4n) is 1.89. The number of hydrogen-bond donors (Lipinski definition) is 1. The number of rotatable bonds is 6. The summed E-state index contributed by atoms with van der Waals surface area (Å²) in [5, 5.41) is 3.30. The monoisotopic (exact) mass is 271 g/mol. The quantitative estimate of drug-likeness (QED) is 0.858. The van der Waals surface area contributed by atoms with Crippen molar-refractivity contribution in [3.63, 3.8) is 0 Å². The van der Waals surface area contributed by atoms with E-state index in [1.807, 2.05) is 25.1 Å². The number of hydrogen-bond acceptors (Lipinski definition) is 4. The van der Waals surface area contributed by atoms with E-state index in [0.29, 0.717) is 11.3 Å². The van der Waals surface area contributed by atoms with Crippen molar-refractivity contribution in [1.82, 2.24) is 5.32 Å². The molecule has 0 saturated carbocycles. The molecule has 1 N–H and O–H groups in total. The Balaban J connectivity index is 3.09. The molecule has 0 fully saturated rings. The average molecular weight is 271 g/mol. The van der Waals surface area contributed by atoms with Crippen LogP contribution in [0.1, 0.15) is 31.0 Å². The van der Waals surface area contributed by atoms with Gasteiger partial charge >= 0.3 is 0 Å². The average Bonchev–Trinajstić information content (AvgIpc) is 2.27. The van der Waals surface area contributed by atoms with Crippen LogP contribution in [0.4, 0.5) is 0 Å². The van der Waals surface area contributed by atoms with E-state index in [-0.39, 0.29) is 11.8 Å². The number of sulfone groups is 1. The Hall–Kier alpha value is -1.07. The minimum atomic E-state index is -3.06. The minimum Gasteiger partial charge on any atom is -0.496 e. The molecule has 1 aromatic carbocycles. The summed E-state index contributed by atoms with van der Waals surface area (Å²) in [5.41, 5.74) is 1.78. The van der Waals surface area contributed by atoms with Gasteiger partial charge < -0.3 is 10.1 Å². The maximum atomic E-state index is 11.4. The smallest absolute Gasteiger partial charge is 0.151 e. The molecule has 1 atom stereocenters. The van der Waals surface area contributed by atoms with E-state index in [1.54, 1.807) is 7.11 Å². The van der Waals surface area contributed by atoms with Crippen molar-refractivity contribution in [2.24, 2.45) is 0 Å². The first-order valence-electron chi connectivity index (χ1n) is 5.95. The molecular weight excluding hydrogens is 250 g/mol. The summed E-state index contributed by atoms with van der Waals surface area (Å²) >= 11 is 0. The zero-order valence-corrected chi connectivity index (χ0v) is 12.2. The van der Waals surface area contributed by atoms with Crippen LogP contribution in [0.25, 0.3) is 0 Å². The molecule has 0 heterocycles. The second-order valence-electron chi connectivity index (χ2n) is 4.42. The van der Waals surface area contributed by atoms with Crippen molar-refractivity contribution in [2.75, 3.05) is 19.9 Å². The Labute approximate surface area is 109 Å². The first-order chi connectivity index (χ1) is 8.37. The second-order valence-corrected chi connectivity index (χ2v) is 6.56. The molecule has 0 saturated heterocycles. The molecule has 4 nitrogen and oxygen atoms in total. The molecule has 1 unspecified atom stereocenters. The lowest BCUT2D eigenvalue weighted by Gasteiger charge is -2.15. The van der Waals surface area contributed by atoms with E-state index in [0.717, 1.165) is 12.1 Å². The predicted octanol–water partition coefficient (Wildman–Crippen LogP) is 1.91. The zero-order chi connectivity index (χ0) is 13.8. The third kappa shape index (κ3) is 4.31. The molecule has 0 aliphatic heterocycles. The third-order valence-corrected chi connectivity index (χ3v) is 3.57. The van der Waals surface area contributed by atoms with Gasteiger partial charge in [-0.2, -0.15) is 0 Å². The van der Waals surface area contributed by atoms with Gasteiger partial charge in [0.25, 0.3) is 0 Å². The van der Waals surface area contributed by atoms with E-state index in [1.165, 1.54) is 6.26 Å². The van der Waals surface area contributed by atoms with E-state index in [4.69, 9.17) is 4.74 Å². The molecular formula is C13H21NO3S. The summed E-state index contributed by atoms with van der Waals surface area (Å²) < 4.78 is 28.0. The Morgan fingerprint density at radius 2 is 2.06 bits per heavy atom. The van der Waals surface area contributed by atoms with E-state index >= 15 is 0 Å². The van der Waals surface area contributed by atoms with Crippen molar-refractivity contribution in [3.05, 3.63) is 29.3 Å². The van der Waals surface area contributed by atoms with Gasteiger partial charge in [-0.3, -0.25) is 0 Å². The molecule has 0 amide bonds. The van der Waals surface area contributed by atoms with Crippen LogP contribution >= 0.6 is 0 Å². The molecule has 5 heteroatoms. The molecule has 18 heavy (non-hydrogen) atoms. The van der Waals surface area contributed by atoms with Gasteiger partial charge in [0.15, 0.2) is 9.84 Å². The first kappa shape index (κ1) is 15.0. The maximum Gasteiger partial charge on any atom is 0.151 e. The standard InChI is InChI=1S/C13H21NO3S/c1-5-14-10(2)11-6-7-13(17-3)12(8-11)9-18(4,15)16/h6-8,10,14H,5,9H2,1-4H3. The Morgan fingerprint density at radius 3 is 2.56 bits per heavy atom. The van der Waals surface area contributed by atoms with Crippen LogP contribution in [0.5, 0.6) is 5.75 Å². The van der Waals surface area contributed by atoms with E-state index < -0.39 is 9.84 Å². The molecule has 1 aromatic rings. The lowest BCUT2D eigenvalue weighted by Crippen LogP contribution is -2.18. The van der Waals surface area contributed by atoms with Crippen LogP contribution in [-0.4, -0.2) is 28.3 Å². The highest BCUT2D eigenvalue weighted by Gasteiger charge is 2.13. The first-order valence-corrected chi connectivity index (χ1v) is 8.01. The summed E-state index contributed by atoms with van der Waals surface area (Å²) in [6, 6.07) is 5.87. The van der Waals surface area contributed by atoms with Gasteiger partial charge in [-0.15, -0.1) is 0 Å². The number of ether oxygens (including phenoxy) is 1. The van der Waals surface area contributed by atoms with E-state index in [9.17, 15) is 8.42 Å². The van der Waals surface area contributed by atoms with Gasteiger partial charge in [-0.25, -0.2) is 8.42 Å². The summed E-state index contributed by atoms with van der Waals surface area (Å²) in [6.45, 7) is 4.96. The highest BCUT2D eigenvalue weighted by atomic mass is 32.2. The van der Waals surface area contributed by atoms with Crippen LogP contribution < -0.4 is 10.1 Å². The van der Waals surface area contributed by atoms with Gasteiger partial charge in [0.1, 0.15) is 5.75 Å². The highest BCUT2D eigenvalue weighted by molar-refractivity contribution is 7.89.